The molecule has 1 aliphatic heterocycles. The summed E-state index contributed by atoms with van der Waals surface area (Å²) in [7, 11) is 0. The van der Waals surface area contributed by atoms with E-state index < -0.39 is 23.3 Å². The summed E-state index contributed by atoms with van der Waals surface area (Å²) in [5.41, 5.74) is -1.26. The van der Waals surface area contributed by atoms with Crippen molar-refractivity contribution in [1.82, 2.24) is 0 Å². The molecule has 0 aromatic heterocycles. The van der Waals surface area contributed by atoms with Gasteiger partial charge in [0.15, 0.2) is 5.78 Å². The first-order valence-electron chi connectivity index (χ1n) is 4.81. The molecule has 1 aromatic carbocycles. The first-order chi connectivity index (χ1) is 7.54. The maximum Gasteiger partial charge on any atom is 0.348 e. The molecule has 1 N–H and O–H groups in total. The summed E-state index contributed by atoms with van der Waals surface area (Å²) in [6, 6.07) is 3.52. The Kier molecular flexibility index (Phi) is 1.52. The number of aliphatic carboxylic acids is 1. The predicted octanol–water partition coefficient (Wildman–Crippen LogP) is 1.24. The smallest absolute Gasteiger partial charge is 0.348 e. The van der Waals surface area contributed by atoms with Crippen molar-refractivity contribution in [2.24, 2.45) is 5.92 Å². The minimum atomic E-state index is -1.40. The van der Waals surface area contributed by atoms with Gasteiger partial charge in [-0.05, 0) is 18.2 Å². The van der Waals surface area contributed by atoms with E-state index in [2.05, 4.69) is 0 Å². The van der Waals surface area contributed by atoms with Crippen LogP contribution in [-0.2, 0) is 4.79 Å². The average Bonchev–Trinajstić information content (AvgIpc) is 2.96. The number of rotatable bonds is 1. The highest BCUT2D eigenvalue weighted by molar-refractivity contribution is 6.09. The van der Waals surface area contributed by atoms with Crippen LogP contribution in [0.15, 0.2) is 18.2 Å². The normalized spacial score (nSPS) is 30.1. The van der Waals surface area contributed by atoms with Gasteiger partial charge in [-0.3, -0.25) is 4.79 Å². The lowest BCUT2D eigenvalue weighted by Gasteiger charge is -2.21. The third-order valence-corrected chi connectivity index (χ3v) is 3.09. The van der Waals surface area contributed by atoms with Crippen LogP contribution in [0.2, 0.25) is 0 Å². The van der Waals surface area contributed by atoms with E-state index in [0.717, 1.165) is 12.1 Å². The zero-order valence-corrected chi connectivity index (χ0v) is 8.07. The summed E-state index contributed by atoms with van der Waals surface area (Å²) >= 11 is 0. The van der Waals surface area contributed by atoms with Crippen LogP contribution < -0.4 is 4.74 Å². The van der Waals surface area contributed by atoms with Crippen molar-refractivity contribution in [3.05, 3.63) is 29.6 Å². The van der Waals surface area contributed by atoms with Crippen LogP contribution in [0, 0.1) is 11.7 Å². The number of fused-ring (bicyclic) bond motifs is 2. The Bertz CT molecular complexity index is 525. The van der Waals surface area contributed by atoms with Crippen LogP contribution >= 0.6 is 0 Å². The van der Waals surface area contributed by atoms with Gasteiger partial charge in [-0.1, -0.05) is 0 Å². The molecule has 2 atom stereocenters. The second-order valence-electron chi connectivity index (χ2n) is 4.06. The lowest BCUT2D eigenvalue weighted by atomic mass is 10.0. The van der Waals surface area contributed by atoms with E-state index in [0.29, 0.717) is 0 Å². The quantitative estimate of drug-likeness (QED) is 0.776. The van der Waals surface area contributed by atoms with Gasteiger partial charge < -0.3 is 9.84 Å². The Hall–Kier alpha value is -1.91. The minimum Gasteiger partial charge on any atom is -0.478 e. The van der Waals surface area contributed by atoms with Crippen molar-refractivity contribution in [2.75, 3.05) is 0 Å². The molecule has 16 heavy (non-hydrogen) atoms. The second-order valence-corrected chi connectivity index (χ2v) is 4.06. The van der Waals surface area contributed by atoms with Gasteiger partial charge in [-0.2, -0.15) is 0 Å². The molecular weight excluding hydrogens is 215 g/mol. The van der Waals surface area contributed by atoms with Crippen molar-refractivity contribution in [2.45, 2.75) is 12.0 Å². The molecule has 2 unspecified atom stereocenters. The van der Waals surface area contributed by atoms with E-state index in [-0.39, 0.29) is 23.5 Å². The van der Waals surface area contributed by atoms with Gasteiger partial charge in [0.25, 0.3) is 0 Å². The Morgan fingerprint density at radius 2 is 2.31 bits per heavy atom. The molecule has 0 saturated heterocycles. The molecule has 3 rings (SSSR count). The highest BCUT2D eigenvalue weighted by Crippen LogP contribution is 2.53. The Balaban J connectivity index is 2.11. The Morgan fingerprint density at radius 1 is 1.56 bits per heavy atom. The Labute approximate surface area is 89.6 Å². The Morgan fingerprint density at radius 3 is 3.00 bits per heavy atom. The maximum absolute atomic E-state index is 12.9. The molecule has 82 valence electrons. The summed E-state index contributed by atoms with van der Waals surface area (Å²) < 4.78 is 18.2. The van der Waals surface area contributed by atoms with Gasteiger partial charge >= 0.3 is 5.97 Å². The van der Waals surface area contributed by atoms with Gasteiger partial charge in [0.2, 0.25) is 5.60 Å². The van der Waals surface area contributed by atoms with Crippen molar-refractivity contribution in [1.29, 1.82) is 0 Å². The average molecular weight is 222 g/mol. The standard InChI is InChI=1S/C11H7FO4/c12-5-1-2-8-6(3-5)9(13)7-4-11(7,16-8)10(14)15/h1-3,7H,4H2,(H,14,15). The van der Waals surface area contributed by atoms with E-state index in [1.54, 1.807) is 0 Å². The molecule has 4 nitrogen and oxygen atoms in total. The number of carboxylic acid groups (broad SMARTS) is 1. The van der Waals surface area contributed by atoms with Crippen LogP contribution in [0.1, 0.15) is 16.8 Å². The molecule has 1 saturated carbocycles. The van der Waals surface area contributed by atoms with Crippen molar-refractivity contribution >= 4 is 11.8 Å². The molecule has 0 bridgehead atoms. The molecule has 5 heteroatoms. The van der Waals surface area contributed by atoms with Crippen molar-refractivity contribution in [3.8, 4) is 5.75 Å². The number of hydrogen-bond acceptors (Lipinski definition) is 3. The van der Waals surface area contributed by atoms with Gasteiger partial charge in [0.1, 0.15) is 11.6 Å². The molecule has 1 aromatic rings. The first kappa shape index (κ1) is 9.33. The van der Waals surface area contributed by atoms with Gasteiger partial charge in [-0.25, -0.2) is 9.18 Å². The number of ether oxygens (including phenoxy) is 1. The van der Waals surface area contributed by atoms with Gasteiger partial charge in [0, 0.05) is 6.42 Å². The van der Waals surface area contributed by atoms with E-state index in [4.69, 9.17) is 9.84 Å². The van der Waals surface area contributed by atoms with Crippen LogP contribution in [-0.4, -0.2) is 22.5 Å². The van der Waals surface area contributed by atoms with Crippen LogP contribution in [0.25, 0.3) is 0 Å². The molecule has 0 spiro atoms. The van der Waals surface area contributed by atoms with Crippen molar-refractivity contribution in [3.63, 3.8) is 0 Å². The lowest BCUT2D eigenvalue weighted by molar-refractivity contribution is -0.148. The van der Waals surface area contributed by atoms with Crippen molar-refractivity contribution < 1.29 is 23.8 Å². The number of hydrogen-bond donors (Lipinski definition) is 1. The minimum absolute atomic E-state index is 0.138. The topological polar surface area (TPSA) is 63.6 Å². The van der Waals surface area contributed by atoms with E-state index in [1.165, 1.54) is 6.07 Å². The monoisotopic (exact) mass is 222 g/mol. The van der Waals surface area contributed by atoms with E-state index in [1.807, 2.05) is 0 Å². The van der Waals surface area contributed by atoms with Crippen LogP contribution in [0.3, 0.4) is 0 Å². The zero-order chi connectivity index (χ0) is 11.5. The molecule has 0 amide bonds. The number of halogens is 1. The zero-order valence-electron chi connectivity index (χ0n) is 8.07. The lowest BCUT2D eigenvalue weighted by Crippen LogP contribution is -2.37. The number of carbonyl (C=O) groups is 2. The van der Waals surface area contributed by atoms with Crippen LogP contribution in [0.4, 0.5) is 4.39 Å². The summed E-state index contributed by atoms with van der Waals surface area (Å²) in [5.74, 6) is -2.52. The molecule has 1 aliphatic carbocycles. The van der Waals surface area contributed by atoms with E-state index >= 15 is 0 Å². The van der Waals surface area contributed by atoms with Crippen LogP contribution in [0.5, 0.6) is 5.75 Å². The number of carboxylic acids is 1. The number of carbonyl (C=O) groups excluding carboxylic acids is 1. The molecule has 1 fully saturated rings. The largest absolute Gasteiger partial charge is 0.478 e. The second kappa shape index (κ2) is 2.61. The summed E-state index contributed by atoms with van der Waals surface area (Å²) in [5, 5.41) is 8.99. The fourth-order valence-corrected chi connectivity index (χ4v) is 2.11. The maximum atomic E-state index is 12.9. The van der Waals surface area contributed by atoms with E-state index in [9.17, 15) is 14.0 Å². The SMILES string of the molecule is O=C1c2cc(F)ccc2OC2(C(=O)O)CC12. The number of Topliss-reactive ketones (excluding diaryl/α,β-unsaturated/α-hetero) is 1. The van der Waals surface area contributed by atoms with Gasteiger partial charge in [0.05, 0.1) is 11.5 Å². The molecule has 2 aliphatic rings. The summed E-state index contributed by atoms with van der Waals surface area (Å²) in [6.07, 6.45) is 0.164. The summed E-state index contributed by atoms with van der Waals surface area (Å²) in [6.45, 7) is 0. The third-order valence-electron chi connectivity index (χ3n) is 3.09. The fourth-order valence-electron chi connectivity index (χ4n) is 2.11. The van der Waals surface area contributed by atoms with Gasteiger partial charge in [-0.15, -0.1) is 0 Å². The number of benzene rings is 1. The molecule has 1 heterocycles. The first-order valence-corrected chi connectivity index (χ1v) is 4.81. The molecule has 0 radical (unpaired) electrons. The fraction of sp³-hybridized carbons (Fsp3) is 0.273. The summed E-state index contributed by atoms with van der Waals surface area (Å²) in [4.78, 5) is 22.8. The number of ketones is 1. The third kappa shape index (κ3) is 0.973. The predicted molar refractivity (Wildman–Crippen MR) is 49.8 cm³/mol. The molecular formula is C11H7FO4. The highest BCUT2D eigenvalue weighted by Gasteiger charge is 2.69. The highest BCUT2D eigenvalue weighted by atomic mass is 19.1.